The number of esters is 1. The fourth-order valence-corrected chi connectivity index (χ4v) is 1.92. The SMILES string of the molecule is COC(=O)c1cc(CC2(O)CC2)cc(F)c1OC. The van der Waals surface area contributed by atoms with Gasteiger partial charge in [-0.25, -0.2) is 9.18 Å². The molecule has 0 aromatic heterocycles. The van der Waals surface area contributed by atoms with Crippen LogP contribution in [0.2, 0.25) is 0 Å². The minimum Gasteiger partial charge on any atom is -0.493 e. The number of rotatable bonds is 4. The highest BCUT2D eigenvalue weighted by atomic mass is 19.1. The summed E-state index contributed by atoms with van der Waals surface area (Å²) in [6.45, 7) is 0. The monoisotopic (exact) mass is 254 g/mol. The molecule has 1 saturated carbocycles. The highest BCUT2D eigenvalue weighted by Crippen LogP contribution is 2.39. The van der Waals surface area contributed by atoms with Crippen LogP contribution in [-0.4, -0.2) is 30.9 Å². The van der Waals surface area contributed by atoms with Crippen LogP contribution in [0, 0.1) is 5.82 Å². The Morgan fingerprint density at radius 2 is 2.11 bits per heavy atom. The number of ether oxygens (including phenoxy) is 2. The van der Waals surface area contributed by atoms with Gasteiger partial charge in [0.15, 0.2) is 11.6 Å². The van der Waals surface area contributed by atoms with Crippen molar-refractivity contribution >= 4 is 5.97 Å². The summed E-state index contributed by atoms with van der Waals surface area (Å²) in [4.78, 5) is 11.5. The van der Waals surface area contributed by atoms with Gasteiger partial charge in [0, 0.05) is 6.42 Å². The van der Waals surface area contributed by atoms with E-state index in [1.807, 2.05) is 0 Å². The molecule has 0 saturated heterocycles. The van der Waals surface area contributed by atoms with Crippen LogP contribution in [0.15, 0.2) is 12.1 Å². The number of carbonyl (C=O) groups excluding carboxylic acids is 1. The van der Waals surface area contributed by atoms with E-state index in [0.717, 1.165) is 0 Å². The zero-order valence-corrected chi connectivity index (χ0v) is 10.3. The fraction of sp³-hybridized carbons (Fsp3) is 0.462. The number of benzene rings is 1. The van der Waals surface area contributed by atoms with Crippen molar-refractivity contribution in [2.24, 2.45) is 0 Å². The maximum absolute atomic E-state index is 13.8. The zero-order valence-electron chi connectivity index (χ0n) is 10.3. The van der Waals surface area contributed by atoms with Crippen molar-refractivity contribution in [1.29, 1.82) is 0 Å². The zero-order chi connectivity index (χ0) is 13.3. The Labute approximate surface area is 104 Å². The van der Waals surface area contributed by atoms with Gasteiger partial charge in [-0.1, -0.05) is 0 Å². The highest BCUT2D eigenvalue weighted by molar-refractivity contribution is 5.92. The fourth-order valence-electron chi connectivity index (χ4n) is 1.92. The van der Waals surface area contributed by atoms with Crippen LogP contribution in [0.25, 0.3) is 0 Å². The van der Waals surface area contributed by atoms with E-state index in [4.69, 9.17) is 4.74 Å². The third-order valence-electron chi connectivity index (χ3n) is 3.07. The van der Waals surface area contributed by atoms with E-state index in [9.17, 15) is 14.3 Å². The van der Waals surface area contributed by atoms with Gasteiger partial charge in [0.2, 0.25) is 0 Å². The van der Waals surface area contributed by atoms with E-state index in [0.29, 0.717) is 24.8 Å². The van der Waals surface area contributed by atoms with Crippen molar-refractivity contribution in [3.8, 4) is 5.75 Å². The average molecular weight is 254 g/mol. The number of methoxy groups -OCH3 is 2. The summed E-state index contributed by atoms with van der Waals surface area (Å²) in [5, 5.41) is 9.82. The molecule has 0 aliphatic heterocycles. The number of halogens is 1. The Morgan fingerprint density at radius 1 is 1.44 bits per heavy atom. The third kappa shape index (κ3) is 2.46. The van der Waals surface area contributed by atoms with Crippen molar-refractivity contribution in [1.82, 2.24) is 0 Å². The first-order valence-corrected chi connectivity index (χ1v) is 5.66. The Kier molecular flexibility index (Phi) is 3.26. The molecule has 1 N–H and O–H groups in total. The summed E-state index contributed by atoms with van der Waals surface area (Å²) in [7, 11) is 2.51. The summed E-state index contributed by atoms with van der Waals surface area (Å²) < 4.78 is 23.2. The van der Waals surface area contributed by atoms with Crippen molar-refractivity contribution < 1.29 is 23.8 Å². The molecule has 1 aliphatic carbocycles. The van der Waals surface area contributed by atoms with Crippen LogP contribution in [0.5, 0.6) is 5.75 Å². The molecule has 4 nitrogen and oxygen atoms in total. The van der Waals surface area contributed by atoms with Gasteiger partial charge in [0.1, 0.15) is 5.56 Å². The molecule has 0 heterocycles. The average Bonchev–Trinajstić information content (AvgIpc) is 3.05. The topological polar surface area (TPSA) is 55.8 Å². The largest absolute Gasteiger partial charge is 0.493 e. The van der Waals surface area contributed by atoms with Crippen molar-refractivity contribution in [2.45, 2.75) is 24.9 Å². The van der Waals surface area contributed by atoms with Gasteiger partial charge in [-0.15, -0.1) is 0 Å². The minimum atomic E-state index is -0.742. The molecule has 0 bridgehead atoms. The normalized spacial score (nSPS) is 16.2. The van der Waals surface area contributed by atoms with Gasteiger partial charge in [0.05, 0.1) is 19.8 Å². The quantitative estimate of drug-likeness (QED) is 0.831. The maximum Gasteiger partial charge on any atom is 0.341 e. The number of aliphatic hydroxyl groups is 1. The van der Waals surface area contributed by atoms with Crippen LogP contribution in [0.1, 0.15) is 28.8 Å². The standard InChI is InChI=1S/C13H15FO4/c1-17-11-9(12(15)18-2)5-8(6-10(11)14)7-13(16)3-4-13/h5-6,16H,3-4,7H2,1-2H3. The Bertz CT molecular complexity index is 480. The van der Waals surface area contributed by atoms with E-state index in [1.165, 1.54) is 26.4 Å². The summed E-state index contributed by atoms with van der Waals surface area (Å²) >= 11 is 0. The predicted molar refractivity (Wildman–Crippen MR) is 62.2 cm³/mol. The second kappa shape index (κ2) is 4.57. The molecular weight excluding hydrogens is 239 g/mol. The molecule has 18 heavy (non-hydrogen) atoms. The van der Waals surface area contributed by atoms with E-state index >= 15 is 0 Å². The number of carbonyl (C=O) groups is 1. The second-order valence-corrected chi connectivity index (χ2v) is 4.55. The van der Waals surface area contributed by atoms with Gasteiger partial charge in [-0.2, -0.15) is 0 Å². The summed E-state index contributed by atoms with van der Waals surface area (Å²) in [6, 6.07) is 2.78. The molecule has 98 valence electrons. The van der Waals surface area contributed by atoms with E-state index in [2.05, 4.69) is 4.74 Å². The summed E-state index contributed by atoms with van der Waals surface area (Å²) in [5.74, 6) is -1.41. The molecule has 5 heteroatoms. The molecular formula is C13H15FO4. The lowest BCUT2D eigenvalue weighted by atomic mass is 10.0. The third-order valence-corrected chi connectivity index (χ3v) is 3.07. The van der Waals surface area contributed by atoms with Crippen LogP contribution >= 0.6 is 0 Å². The summed E-state index contributed by atoms with van der Waals surface area (Å²) in [5.41, 5.74) is -0.137. The first-order chi connectivity index (χ1) is 8.49. The molecule has 0 spiro atoms. The Morgan fingerprint density at radius 3 is 2.61 bits per heavy atom. The van der Waals surface area contributed by atoms with Gasteiger partial charge in [-0.05, 0) is 30.5 Å². The van der Waals surface area contributed by atoms with Gasteiger partial charge in [-0.3, -0.25) is 0 Å². The van der Waals surface area contributed by atoms with Gasteiger partial charge in [0.25, 0.3) is 0 Å². The molecule has 1 aromatic rings. The number of hydrogen-bond donors (Lipinski definition) is 1. The second-order valence-electron chi connectivity index (χ2n) is 4.55. The van der Waals surface area contributed by atoms with Gasteiger partial charge < -0.3 is 14.6 Å². The van der Waals surface area contributed by atoms with Gasteiger partial charge >= 0.3 is 5.97 Å². The Hall–Kier alpha value is -1.62. The van der Waals surface area contributed by atoms with E-state index in [1.54, 1.807) is 0 Å². The lowest BCUT2D eigenvalue weighted by Crippen LogP contribution is -2.13. The van der Waals surface area contributed by atoms with Crippen LogP contribution in [0.3, 0.4) is 0 Å². The molecule has 1 aromatic carbocycles. The Balaban J connectivity index is 2.38. The first kappa shape index (κ1) is 12.8. The number of hydrogen-bond acceptors (Lipinski definition) is 4. The lowest BCUT2D eigenvalue weighted by molar-refractivity contribution is 0.0595. The molecule has 1 fully saturated rings. The van der Waals surface area contributed by atoms with Crippen molar-refractivity contribution in [2.75, 3.05) is 14.2 Å². The van der Waals surface area contributed by atoms with Crippen LogP contribution in [-0.2, 0) is 11.2 Å². The van der Waals surface area contributed by atoms with Crippen LogP contribution in [0.4, 0.5) is 4.39 Å². The molecule has 1 aliphatic rings. The maximum atomic E-state index is 13.8. The van der Waals surface area contributed by atoms with Crippen molar-refractivity contribution in [3.63, 3.8) is 0 Å². The van der Waals surface area contributed by atoms with Crippen LogP contribution < -0.4 is 4.74 Å². The summed E-state index contributed by atoms with van der Waals surface area (Å²) in [6.07, 6.45) is 1.74. The molecule has 0 radical (unpaired) electrons. The van der Waals surface area contributed by atoms with E-state index in [-0.39, 0.29) is 11.3 Å². The minimum absolute atomic E-state index is 0.0410. The molecule has 0 atom stereocenters. The molecule has 0 amide bonds. The van der Waals surface area contributed by atoms with Crippen molar-refractivity contribution in [3.05, 3.63) is 29.1 Å². The molecule has 2 rings (SSSR count). The predicted octanol–water partition coefficient (Wildman–Crippen LogP) is 1.69. The smallest absolute Gasteiger partial charge is 0.341 e. The van der Waals surface area contributed by atoms with E-state index < -0.39 is 17.4 Å². The lowest BCUT2D eigenvalue weighted by Gasteiger charge is -2.12. The first-order valence-electron chi connectivity index (χ1n) is 5.66. The molecule has 0 unspecified atom stereocenters. The highest BCUT2D eigenvalue weighted by Gasteiger charge is 2.40.